The van der Waals surface area contributed by atoms with Gasteiger partial charge >= 0.3 is 0 Å². The van der Waals surface area contributed by atoms with Crippen molar-refractivity contribution in [2.75, 3.05) is 50.4 Å². The summed E-state index contributed by atoms with van der Waals surface area (Å²) < 4.78 is 60.7. The Morgan fingerprint density at radius 1 is 0.974 bits per heavy atom. The van der Waals surface area contributed by atoms with Crippen LogP contribution in [0.3, 0.4) is 0 Å². The summed E-state index contributed by atoms with van der Waals surface area (Å²) in [6, 6.07) is 2.70. The largest absolute Gasteiger partial charge is 0.484 e. The standard InChI is InChI=1S/C27H35F2N5O3S/c1-3-18-13-30-26(31-14-18)33-16-20-10-27(11-21(20)17-33)12-24(27)37-25-22(28)8-19(9-23(25)29)15-32-4-6-34(7-5-32)38(2,35)36/h8-9,13-14,20-21,24H,3-7,10-12,15-17H2,1-2H3/t20-,21?,24-,27?/m0/s1. The Bertz CT molecular complexity index is 1260. The minimum Gasteiger partial charge on any atom is -0.484 e. The van der Waals surface area contributed by atoms with Gasteiger partial charge in [-0.2, -0.15) is 4.31 Å². The van der Waals surface area contributed by atoms with Crippen LogP contribution in [-0.2, 0) is 23.0 Å². The number of aromatic nitrogens is 2. The van der Waals surface area contributed by atoms with Gasteiger partial charge in [-0.15, -0.1) is 0 Å². The molecule has 38 heavy (non-hydrogen) atoms. The molecule has 2 aliphatic heterocycles. The summed E-state index contributed by atoms with van der Waals surface area (Å²) in [6.45, 7) is 6.10. The lowest BCUT2D eigenvalue weighted by Gasteiger charge is -2.33. The zero-order chi connectivity index (χ0) is 26.7. The van der Waals surface area contributed by atoms with Crippen molar-refractivity contribution in [1.82, 2.24) is 19.2 Å². The Balaban J connectivity index is 1.03. The lowest BCUT2D eigenvalue weighted by atomic mass is 10.0. The van der Waals surface area contributed by atoms with Gasteiger partial charge in [0.1, 0.15) is 6.10 Å². The molecule has 0 bridgehead atoms. The third-order valence-corrected chi connectivity index (χ3v) is 10.2. The molecule has 2 saturated heterocycles. The van der Waals surface area contributed by atoms with E-state index in [4.69, 9.17) is 4.74 Å². The van der Waals surface area contributed by atoms with E-state index >= 15 is 0 Å². The number of halogens is 2. The van der Waals surface area contributed by atoms with Crippen LogP contribution in [0.1, 0.15) is 37.3 Å². The molecular formula is C27H35F2N5O3S. The van der Waals surface area contributed by atoms with Crippen LogP contribution >= 0.6 is 0 Å². The maximum absolute atomic E-state index is 15.0. The third kappa shape index (κ3) is 5.00. The van der Waals surface area contributed by atoms with Gasteiger partial charge in [0.05, 0.1) is 6.26 Å². The van der Waals surface area contributed by atoms with Gasteiger partial charge in [0.2, 0.25) is 16.0 Å². The van der Waals surface area contributed by atoms with E-state index in [1.807, 2.05) is 17.3 Å². The number of fused-ring (bicyclic) bond motifs is 1. The smallest absolute Gasteiger partial charge is 0.225 e. The molecule has 2 saturated carbocycles. The molecule has 2 aliphatic carbocycles. The number of sulfonamides is 1. The van der Waals surface area contributed by atoms with Crippen LogP contribution in [0.4, 0.5) is 14.7 Å². The average molecular weight is 548 g/mol. The van der Waals surface area contributed by atoms with Gasteiger partial charge < -0.3 is 9.64 Å². The molecule has 4 aliphatic rings. The van der Waals surface area contributed by atoms with Crippen molar-refractivity contribution in [3.8, 4) is 5.75 Å². The van der Waals surface area contributed by atoms with E-state index in [0.717, 1.165) is 50.3 Å². The number of rotatable bonds is 7. The van der Waals surface area contributed by atoms with E-state index in [1.54, 1.807) is 0 Å². The van der Waals surface area contributed by atoms with Crippen LogP contribution in [-0.4, -0.2) is 79.2 Å². The Kier molecular flexibility index (Phi) is 6.59. The maximum atomic E-state index is 15.0. The zero-order valence-electron chi connectivity index (χ0n) is 21.9. The molecular weight excluding hydrogens is 512 g/mol. The lowest BCUT2D eigenvalue weighted by Crippen LogP contribution is -2.47. The fourth-order valence-electron chi connectivity index (χ4n) is 6.73. The summed E-state index contributed by atoms with van der Waals surface area (Å²) >= 11 is 0. The van der Waals surface area contributed by atoms with Crippen molar-refractivity contribution < 1.29 is 21.9 Å². The molecule has 4 atom stereocenters. The van der Waals surface area contributed by atoms with Gasteiger partial charge in [-0.1, -0.05) is 6.92 Å². The summed E-state index contributed by atoms with van der Waals surface area (Å²) in [5.41, 5.74) is 1.67. The number of piperazine rings is 1. The molecule has 1 spiro atoms. The van der Waals surface area contributed by atoms with Gasteiger partial charge in [-0.25, -0.2) is 27.2 Å². The van der Waals surface area contributed by atoms with Crippen LogP contribution in [0.2, 0.25) is 0 Å². The van der Waals surface area contributed by atoms with Crippen molar-refractivity contribution >= 4 is 16.0 Å². The molecule has 6 rings (SSSR count). The van der Waals surface area contributed by atoms with Crippen molar-refractivity contribution in [2.45, 2.75) is 45.3 Å². The van der Waals surface area contributed by atoms with E-state index in [0.29, 0.717) is 50.1 Å². The molecule has 2 aromatic rings. The number of hydrogen-bond acceptors (Lipinski definition) is 7. The Morgan fingerprint density at radius 2 is 1.58 bits per heavy atom. The molecule has 0 N–H and O–H groups in total. The highest BCUT2D eigenvalue weighted by atomic mass is 32.2. The van der Waals surface area contributed by atoms with Crippen molar-refractivity contribution in [1.29, 1.82) is 0 Å². The predicted molar refractivity (Wildman–Crippen MR) is 139 cm³/mol. The van der Waals surface area contributed by atoms with Crippen molar-refractivity contribution in [3.63, 3.8) is 0 Å². The monoisotopic (exact) mass is 547 g/mol. The Morgan fingerprint density at radius 3 is 2.13 bits per heavy atom. The maximum Gasteiger partial charge on any atom is 0.225 e. The van der Waals surface area contributed by atoms with E-state index in [1.165, 1.54) is 22.7 Å². The quantitative estimate of drug-likeness (QED) is 0.527. The van der Waals surface area contributed by atoms with E-state index in [9.17, 15) is 17.2 Å². The second-order valence-electron chi connectivity index (χ2n) is 11.6. The normalized spacial score (nSPS) is 29.7. The molecule has 1 aromatic heterocycles. The van der Waals surface area contributed by atoms with Crippen molar-refractivity contribution in [2.24, 2.45) is 17.3 Å². The van der Waals surface area contributed by atoms with Crippen LogP contribution in [0.25, 0.3) is 0 Å². The molecule has 206 valence electrons. The predicted octanol–water partition coefficient (Wildman–Crippen LogP) is 3.08. The Hall–Kier alpha value is -2.37. The highest BCUT2D eigenvalue weighted by molar-refractivity contribution is 7.88. The van der Waals surface area contributed by atoms with Gasteiger partial charge in [0, 0.05) is 63.6 Å². The molecule has 3 heterocycles. The minimum atomic E-state index is -3.22. The summed E-state index contributed by atoms with van der Waals surface area (Å²) in [5, 5.41) is 0. The first kappa shape index (κ1) is 25.9. The van der Waals surface area contributed by atoms with Crippen molar-refractivity contribution in [3.05, 3.63) is 47.3 Å². The van der Waals surface area contributed by atoms with Crippen LogP contribution in [0.5, 0.6) is 5.75 Å². The SMILES string of the molecule is CCc1cnc(N2CC3CC4(C[C@H]3C2)C[C@@H]4Oc2c(F)cc(CN3CCN(S(C)(=O)=O)CC3)cc2F)nc1. The highest BCUT2D eigenvalue weighted by Crippen LogP contribution is 2.64. The van der Waals surface area contributed by atoms with Crippen LogP contribution in [0.15, 0.2) is 24.5 Å². The number of ether oxygens (including phenoxy) is 1. The molecule has 0 radical (unpaired) electrons. The van der Waals surface area contributed by atoms with E-state index in [-0.39, 0.29) is 17.3 Å². The summed E-state index contributed by atoms with van der Waals surface area (Å²) in [4.78, 5) is 13.3. The number of aryl methyl sites for hydroxylation is 1. The molecule has 4 fully saturated rings. The molecule has 8 nitrogen and oxygen atoms in total. The third-order valence-electron chi connectivity index (χ3n) is 8.94. The zero-order valence-corrected chi connectivity index (χ0v) is 22.8. The molecule has 2 unspecified atom stereocenters. The van der Waals surface area contributed by atoms with Crippen LogP contribution in [0, 0.1) is 28.9 Å². The lowest BCUT2D eigenvalue weighted by molar-refractivity contribution is 0.181. The summed E-state index contributed by atoms with van der Waals surface area (Å²) in [6.07, 6.45) is 8.62. The fraction of sp³-hybridized carbons (Fsp3) is 0.630. The average Bonchev–Trinajstić information content (AvgIpc) is 3.19. The second-order valence-corrected chi connectivity index (χ2v) is 13.6. The van der Waals surface area contributed by atoms with Gasteiger partial charge in [0.25, 0.3) is 0 Å². The number of anilines is 1. The molecule has 1 aromatic carbocycles. The van der Waals surface area contributed by atoms with Gasteiger partial charge in [-0.05, 0) is 60.8 Å². The summed E-state index contributed by atoms with van der Waals surface area (Å²) in [7, 11) is -3.22. The number of hydrogen-bond donors (Lipinski definition) is 0. The van der Waals surface area contributed by atoms with Crippen LogP contribution < -0.4 is 9.64 Å². The second kappa shape index (κ2) is 9.67. The van der Waals surface area contributed by atoms with E-state index < -0.39 is 21.7 Å². The minimum absolute atomic E-state index is 0.0190. The molecule has 11 heteroatoms. The van der Waals surface area contributed by atoms with E-state index in [2.05, 4.69) is 21.8 Å². The first-order chi connectivity index (χ1) is 18.1. The topological polar surface area (TPSA) is 78.9 Å². The Labute approximate surface area is 223 Å². The number of nitrogens with zero attached hydrogens (tertiary/aromatic N) is 5. The highest BCUT2D eigenvalue weighted by Gasteiger charge is 2.64. The molecule has 0 amide bonds. The first-order valence-electron chi connectivity index (χ1n) is 13.5. The van der Waals surface area contributed by atoms with Gasteiger partial charge in [0.15, 0.2) is 17.4 Å². The fourth-order valence-corrected chi connectivity index (χ4v) is 7.56. The number of benzene rings is 1. The first-order valence-corrected chi connectivity index (χ1v) is 15.4. The summed E-state index contributed by atoms with van der Waals surface area (Å²) in [5.74, 6) is 0.218. The van der Waals surface area contributed by atoms with Gasteiger partial charge in [-0.3, -0.25) is 4.90 Å².